The van der Waals surface area contributed by atoms with Crippen LogP contribution in [-0.4, -0.2) is 12.5 Å². The normalized spacial score (nSPS) is 18.2. The molecule has 0 saturated carbocycles. The monoisotopic (exact) mass is 306 g/mol. The predicted molar refractivity (Wildman–Crippen MR) is 83.6 cm³/mol. The van der Waals surface area contributed by atoms with E-state index in [9.17, 15) is 4.79 Å². The predicted octanol–water partition coefficient (Wildman–Crippen LogP) is 3.79. The van der Waals surface area contributed by atoms with E-state index in [1.807, 2.05) is 43.3 Å². The first-order valence-electron chi connectivity index (χ1n) is 6.53. The first kappa shape index (κ1) is 13.5. The van der Waals surface area contributed by atoms with Crippen LogP contribution in [0.1, 0.15) is 29.3 Å². The Morgan fingerprint density at radius 1 is 1.40 bits per heavy atom. The molecule has 20 heavy (non-hydrogen) atoms. The van der Waals surface area contributed by atoms with Crippen LogP contribution in [0.2, 0.25) is 4.34 Å². The zero-order chi connectivity index (χ0) is 14.1. The highest BCUT2D eigenvalue weighted by Gasteiger charge is 2.29. The van der Waals surface area contributed by atoms with Crippen LogP contribution in [-0.2, 0) is 4.79 Å². The third kappa shape index (κ3) is 2.53. The zero-order valence-electron chi connectivity index (χ0n) is 11.0. The summed E-state index contributed by atoms with van der Waals surface area (Å²) in [7, 11) is 0. The molecule has 104 valence electrons. The van der Waals surface area contributed by atoms with Crippen molar-refractivity contribution in [3.05, 3.63) is 51.2 Å². The van der Waals surface area contributed by atoms with E-state index in [1.54, 1.807) is 0 Å². The topological polar surface area (TPSA) is 41.1 Å². The summed E-state index contributed by atoms with van der Waals surface area (Å²) in [6.45, 7) is 2.64. The maximum atomic E-state index is 12.4. The van der Waals surface area contributed by atoms with Crippen molar-refractivity contribution in [3.8, 4) is 0 Å². The Labute approximate surface area is 127 Å². The summed E-state index contributed by atoms with van der Waals surface area (Å²) >= 11 is 7.43. The molecule has 2 unspecified atom stereocenters. The van der Waals surface area contributed by atoms with Gasteiger partial charge < -0.3 is 10.6 Å². The Hall–Kier alpha value is -1.52. The summed E-state index contributed by atoms with van der Waals surface area (Å²) in [4.78, 5) is 13.5. The van der Waals surface area contributed by atoms with Gasteiger partial charge in [0.2, 0.25) is 5.91 Å². The van der Waals surface area contributed by atoms with E-state index in [0.717, 1.165) is 20.5 Å². The Bertz CT molecular complexity index is 640. The van der Waals surface area contributed by atoms with Gasteiger partial charge in [-0.1, -0.05) is 29.8 Å². The quantitative estimate of drug-likeness (QED) is 0.906. The first-order chi connectivity index (χ1) is 9.65. The number of amides is 1. The number of anilines is 1. The third-order valence-electron chi connectivity index (χ3n) is 3.53. The molecule has 5 heteroatoms. The lowest BCUT2D eigenvalue weighted by Crippen LogP contribution is -2.32. The van der Waals surface area contributed by atoms with Gasteiger partial charge in [-0.2, -0.15) is 0 Å². The molecule has 2 N–H and O–H groups in total. The Balaban J connectivity index is 1.72. The fourth-order valence-electron chi connectivity index (χ4n) is 2.46. The van der Waals surface area contributed by atoms with Gasteiger partial charge >= 0.3 is 0 Å². The van der Waals surface area contributed by atoms with Gasteiger partial charge in [0.1, 0.15) is 0 Å². The fraction of sp³-hybridized carbons (Fsp3) is 0.267. The summed E-state index contributed by atoms with van der Waals surface area (Å²) in [6, 6.07) is 11.7. The van der Waals surface area contributed by atoms with E-state index in [-0.39, 0.29) is 17.9 Å². The molecule has 2 atom stereocenters. The Morgan fingerprint density at radius 2 is 2.20 bits per heavy atom. The molecule has 1 amide bonds. The first-order valence-corrected chi connectivity index (χ1v) is 7.73. The second-order valence-corrected chi connectivity index (χ2v) is 6.64. The highest BCUT2D eigenvalue weighted by molar-refractivity contribution is 7.16. The van der Waals surface area contributed by atoms with Crippen LogP contribution in [0, 0.1) is 0 Å². The molecule has 2 heterocycles. The lowest BCUT2D eigenvalue weighted by atomic mass is 10.0. The average Bonchev–Trinajstić information content (AvgIpc) is 3.04. The van der Waals surface area contributed by atoms with Gasteiger partial charge in [0.25, 0.3) is 0 Å². The van der Waals surface area contributed by atoms with Gasteiger partial charge in [-0.25, -0.2) is 0 Å². The average molecular weight is 307 g/mol. The van der Waals surface area contributed by atoms with Crippen molar-refractivity contribution in [2.24, 2.45) is 0 Å². The van der Waals surface area contributed by atoms with Crippen LogP contribution in [0.3, 0.4) is 0 Å². The molecule has 3 nitrogen and oxygen atoms in total. The summed E-state index contributed by atoms with van der Waals surface area (Å²) < 4.78 is 0.744. The molecule has 1 aromatic carbocycles. The molecule has 0 bridgehead atoms. The fourth-order valence-corrected chi connectivity index (χ4v) is 3.53. The van der Waals surface area contributed by atoms with Gasteiger partial charge in [-0.15, -0.1) is 11.3 Å². The molecule has 0 saturated heterocycles. The minimum absolute atomic E-state index is 0.0206. The number of benzene rings is 1. The summed E-state index contributed by atoms with van der Waals surface area (Å²) in [5, 5.41) is 6.33. The van der Waals surface area contributed by atoms with E-state index in [4.69, 9.17) is 11.6 Å². The number of rotatable bonds is 3. The highest BCUT2D eigenvalue weighted by atomic mass is 35.5. The van der Waals surface area contributed by atoms with Crippen molar-refractivity contribution >= 4 is 34.5 Å². The number of hydrogen-bond acceptors (Lipinski definition) is 3. The van der Waals surface area contributed by atoms with Crippen LogP contribution in [0.5, 0.6) is 0 Å². The molecule has 2 aromatic rings. The number of nitrogens with one attached hydrogen (secondary N) is 2. The molecule has 3 rings (SSSR count). The molecule has 1 aliphatic heterocycles. The molecule has 1 aliphatic rings. The van der Waals surface area contributed by atoms with Crippen molar-refractivity contribution in [2.45, 2.75) is 18.9 Å². The standard InChI is InChI=1S/C15H15ClN2OS/c1-9(13-6-7-14(16)20-13)18-15(19)11-8-17-12-5-3-2-4-10(11)12/h2-7,9,11,17H,8H2,1H3,(H,18,19). The van der Waals surface area contributed by atoms with Crippen molar-refractivity contribution in [1.29, 1.82) is 0 Å². The minimum atomic E-state index is -0.121. The molecule has 0 radical (unpaired) electrons. The lowest BCUT2D eigenvalue weighted by molar-refractivity contribution is -0.122. The molecule has 0 fully saturated rings. The summed E-state index contributed by atoms with van der Waals surface area (Å²) in [6.07, 6.45) is 0. The number of halogens is 1. The second-order valence-electron chi connectivity index (χ2n) is 4.89. The summed E-state index contributed by atoms with van der Waals surface area (Å²) in [5.74, 6) is -0.0662. The van der Waals surface area contributed by atoms with Gasteiger partial charge in [0.05, 0.1) is 16.3 Å². The van der Waals surface area contributed by atoms with Crippen LogP contribution >= 0.6 is 22.9 Å². The molecular formula is C15H15ClN2OS. The largest absolute Gasteiger partial charge is 0.384 e. The summed E-state index contributed by atoms with van der Waals surface area (Å²) in [5.41, 5.74) is 2.13. The molecule has 0 aliphatic carbocycles. The van der Waals surface area contributed by atoms with Crippen molar-refractivity contribution in [1.82, 2.24) is 5.32 Å². The third-order valence-corrected chi connectivity index (χ3v) is 4.94. The minimum Gasteiger partial charge on any atom is -0.384 e. The molecule has 0 spiro atoms. The number of para-hydroxylation sites is 1. The Kier molecular flexibility index (Phi) is 3.68. The van der Waals surface area contributed by atoms with Crippen LogP contribution in [0.25, 0.3) is 0 Å². The number of carbonyl (C=O) groups is 1. The van der Waals surface area contributed by atoms with Crippen molar-refractivity contribution in [3.63, 3.8) is 0 Å². The van der Waals surface area contributed by atoms with E-state index in [1.165, 1.54) is 11.3 Å². The van der Waals surface area contributed by atoms with Crippen LogP contribution in [0.15, 0.2) is 36.4 Å². The second kappa shape index (κ2) is 5.46. The number of carbonyl (C=O) groups excluding carboxylic acids is 1. The highest BCUT2D eigenvalue weighted by Crippen LogP contribution is 2.32. The van der Waals surface area contributed by atoms with Gasteiger partial charge in [-0.3, -0.25) is 4.79 Å². The maximum absolute atomic E-state index is 12.4. The lowest BCUT2D eigenvalue weighted by Gasteiger charge is -2.16. The van der Waals surface area contributed by atoms with E-state index >= 15 is 0 Å². The van der Waals surface area contributed by atoms with E-state index in [2.05, 4.69) is 10.6 Å². The molecular weight excluding hydrogens is 292 g/mol. The van der Waals surface area contributed by atoms with E-state index in [0.29, 0.717) is 6.54 Å². The van der Waals surface area contributed by atoms with Gasteiger partial charge in [-0.05, 0) is 30.7 Å². The van der Waals surface area contributed by atoms with Gasteiger partial charge in [0, 0.05) is 17.1 Å². The van der Waals surface area contributed by atoms with Crippen LogP contribution < -0.4 is 10.6 Å². The van der Waals surface area contributed by atoms with Crippen molar-refractivity contribution < 1.29 is 4.79 Å². The number of hydrogen-bond donors (Lipinski definition) is 2. The SMILES string of the molecule is CC(NC(=O)C1CNc2ccccc21)c1ccc(Cl)s1. The Morgan fingerprint density at radius 3 is 2.95 bits per heavy atom. The molecule has 1 aromatic heterocycles. The number of fused-ring (bicyclic) bond motifs is 1. The number of thiophene rings is 1. The smallest absolute Gasteiger partial charge is 0.229 e. The van der Waals surface area contributed by atoms with Gasteiger partial charge in [0.15, 0.2) is 0 Å². The van der Waals surface area contributed by atoms with Crippen LogP contribution in [0.4, 0.5) is 5.69 Å². The maximum Gasteiger partial charge on any atom is 0.229 e. The zero-order valence-corrected chi connectivity index (χ0v) is 12.6. The van der Waals surface area contributed by atoms with Crippen molar-refractivity contribution in [2.75, 3.05) is 11.9 Å². The van der Waals surface area contributed by atoms with E-state index < -0.39 is 0 Å².